The number of esters is 9. The van der Waals surface area contributed by atoms with Gasteiger partial charge in [-0.15, -0.1) is 0 Å². The fourth-order valence-corrected chi connectivity index (χ4v) is 6.40. The molecule has 400 valence electrons. The average molecular weight is 1040 g/mol. The monoisotopic (exact) mass is 1040 g/mol. The predicted octanol–water partition coefficient (Wildman–Crippen LogP) is 2.54. The molecule has 0 bridgehead atoms. The summed E-state index contributed by atoms with van der Waals surface area (Å²) in [6.07, 6.45) is 0. The Kier molecular flexibility index (Phi) is 22.8. The van der Waals surface area contributed by atoms with Crippen molar-refractivity contribution in [3.63, 3.8) is 0 Å². The van der Waals surface area contributed by atoms with E-state index in [2.05, 4.69) is 9.47 Å². The maximum Gasteiger partial charge on any atom is 0.328 e. The summed E-state index contributed by atoms with van der Waals surface area (Å²) in [7, 11) is 1.32. The number of anilines is 1. The highest BCUT2D eigenvalue weighted by atomic mass is 16.7. The fraction of sp³-hybridized carbons (Fsp3) is 0.417. The van der Waals surface area contributed by atoms with Gasteiger partial charge in [-0.25, -0.2) is 0 Å². The Morgan fingerprint density at radius 2 is 1.04 bits per heavy atom. The van der Waals surface area contributed by atoms with Gasteiger partial charge in [-0.1, -0.05) is 6.07 Å². The van der Waals surface area contributed by atoms with Crippen molar-refractivity contribution in [3.8, 4) is 39.7 Å². The lowest BCUT2D eigenvalue weighted by Gasteiger charge is -2.26. The largest absolute Gasteiger partial charge is 0.493 e. The molecule has 4 rings (SSSR count). The first-order chi connectivity index (χ1) is 35.2. The highest BCUT2D eigenvalue weighted by molar-refractivity contribution is 6.03. The van der Waals surface area contributed by atoms with Crippen LogP contribution in [0.15, 0.2) is 51.7 Å². The summed E-state index contributed by atoms with van der Waals surface area (Å²) in [4.78, 5) is 123. The summed E-state index contributed by atoms with van der Waals surface area (Å²) in [5, 5.41) is 0.493. The Bertz CT molecular complexity index is 2630. The number of benzene rings is 3. The topological polar surface area (TPSA) is 310 Å². The first-order valence-corrected chi connectivity index (χ1v) is 22.1. The molecule has 1 heterocycles. The third kappa shape index (κ3) is 19.2. The summed E-state index contributed by atoms with van der Waals surface area (Å²) in [6.45, 7) is 1.28. The third-order valence-corrected chi connectivity index (χ3v) is 9.68. The first kappa shape index (κ1) is 58.1. The maximum atomic E-state index is 13.2. The number of carbonyl (C=O) groups excluding carboxylic acids is 9. The van der Waals surface area contributed by atoms with Crippen molar-refractivity contribution in [1.82, 2.24) is 4.90 Å². The van der Waals surface area contributed by atoms with Gasteiger partial charge in [0.1, 0.15) is 42.5 Å². The number of hydrogen-bond donors (Lipinski definition) is 0. The molecule has 1 aliphatic heterocycles. The van der Waals surface area contributed by atoms with Crippen LogP contribution in [0.25, 0.3) is 33.4 Å². The molecule has 26 heteroatoms. The minimum absolute atomic E-state index is 0.0151. The zero-order valence-corrected chi connectivity index (χ0v) is 41.4. The Morgan fingerprint density at radius 3 is 1.55 bits per heavy atom. The molecule has 0 fully saturated rings. The molecule has 2 aromatic carbocycles. The number of fused-ring (bicyclic) bond motifs is 2. The number of methoxy groups -OCH3 is 1. The van der Waals surface area contributed by atoms with Crippen LogP contribution in [-0.2, 0) is 90.5 Å². The van der Waals surface area contributed by atoms with E-state index in [4.69, 9.17) is 56.5 Å². The van der Waals surface area contributed by atoms with Crippen molar-refractivity contribution in [3.05, 3.63) is 58.3 Å². The average Bonchev–Trinajstić information content (AvgIpc) is 3.31. The van der Waals surface area contributed by atoms with Crippen molar-refractivity contribution < 1.29 is 109 Å². The number of hydrogen-bond acceptors (Lipinski definition) is 26. The van der Waals surface area contributed by atoms with Gasteiger partial charge in [0.2, 0.25) is 39.4 Å². The van der Waals surface area contributed by atoms with E-state index in [-0.39, 0.29) is 54.9 Å². The van der Waals surface area contributed by atoms with Crippen LogP contribution in [0.5, 0.6) is 17.2 Å². The second kappa shape index (κ2) is 29.1. The van der Waals surface area contributed by atoms with Crippen LogP contribution in [0.1, 0.15) is 40.2 Å². The van der Waals surface area contributed by atoms with Crippen LogP contribution in [0.2, 0.25) is 0 Å². The predicted molar refractivity (Wildman–Crippen MR) is 249 cm³/mol. The second-order valence-electron chi connectivity index (χ2n) is 15.3. The number of rotatable bonds is 29. The number of nitrogens with zero attached hydrogens (tertiary/aromatic N) is 2. The van der Waals surface area contributed by atoms with E-state index in [0.717, 1.165) is 27.7 Å². The van der Waals surface area contributed by atoms with Gasteiger partial charge >= 0.3 is 53.7 Å². The van der Waals surface area contributed by atoms with Crippen molar-refractivity contribution in [2.45, 2.75) is 41.5 Å². The van der Waals surface area contributed by atoms with Gasteiger partial charge in [-0.2, -0.15) is 0 Å². The molecule has 0 atom stereocenters. The lowest BCUT2D eigenvalue weighted by molar-refractivity contribution is -0.170. The smallest absolute Gasteiger partial charge is 0.328 e. The molecule has 0 amide bonds. The molecular formula is C48H54N2O24. The fourth-order valence-electron chi connectivity index (χ4n) is 6.40. The Hall–Kier alpha value is -8.52. The van der Waals surface area contributed by atoms with E-state index >= 15 is 0 Å². The SMILES string of the molecule is COc1cc2c(-c3ccc(N(CC(=O)OCOC(C)=O)CC(=O)OCOC(C)=O)c(OCCOCCN(CC(=O)OCOC(C)=O)CC(=O)OCOC(C)=O)c3)c3cc(C)c(OCOC(C)=O)cc3oc-2cc1=O. The van der Waals surface area contributed by atoms with Crippen LogP contribution < -0.4 is 24.5 Å². The van der Waals surface area contributed by atoms with E-state index in [1.807, 2.05) is 0 Å². The Labute approximate surface area is 421 Å². The molecule has 0 saturated carbocycles. The van der Waals surface area contributed by atoms with Crippen molar-refractivity contribution >= 4 is 70.4 Å². The first-order valence-electron chi connectivity index (χ1n) is 22.1. The van der Waals surface area contributed by atoms with E-state index < -0.39 is 119 Å². The molecule has 0 saturated heterocycles. The standard InChI is InChI=1S/C48H54N2O24/c1-28-14-35-41(18-39(28)69-23-64-29(2)51)74-40-17-38(56)43(61-7)16-36(40)48(35)34-8-9-37(50(21-46(59)72-26-67-32(5)54)22-47(60)73-27-68-33(6)55)42(15-34)63-13-12-62-11-10-49(19-44(57)70-24-65-30(3)52)20-45(58)71-25-66-31(4)53/h8-9,14-18H,10-13,19-27H2,1-7H3. The molecule has 1 aliphatic carbocycles. The number of carbonyl (C=O) groups is 9. The zero-order chi connectivity index (χ0) is 54.3. The molecule has 74 heavy (non-hydrogen) atoms. The van der Waals surface area contributed by atoms with E-state index in [1.54, 1.807) is 31.2 Å². The molecule has 0 radical (unpaired) electrons. The normalized spacial score (nSPS) is 10.7. The maximum absolute atomic E-state index is 13.2. The summed E-state index contributed by atoms with van der Waals surface area (Å²) in [5.74, 6) is -6.67. The molecule has 2 aliphatic rings. The van der Waals surface area contributed by atoms with Gasteiger partial charge in [-0.3, -0.25) is 52.8 Å². The minimum atomic E-state index is -0.961. The van der Waals surface area contributed by atoms with Gasteiger partial charge in [0.15, 0.2) is 5.75 Å². The zero-order valence-electron chi connectivity index (χ0n) is 41.4. The molecule has 0 spiro atoms. The number of ether oxygens (including phenoxy) is 13. The third-order valence-electron chi connectivity index (χ3n) is 9.68. The molecular weight excluding hydrogens is 989 g/mol. The van der Waals surface area contributed by atoms with Crippen molar-refractivity contribution in [2.24, 2.45) is 0 Å². The van der Waals surface area contributed by atoms with Gasteiger partial charge in [-0.05, 0) is 42.3 Å². The highest BCUT2D eigenvalue weighted by Gasteiger charge is 2.26. The van der Waals surface area contributed by atoms with Crippen LogP contribution in [-0.4, -0.2) is 152 Å². The summed E-state index contributed by atoms with van der Waals surface area (Å²) < 4.78 is 73.1. The molecule has 26 nitrogen and oxygen atoms in total. The van der Waals surface area contributed by atoms with E-state index in [9.17, 15) is 47.9 Å². The van der Waals surface area contributed by atoms with Crippen LogP contribution in [0.4, 0.5) is 5.69 Å². The number of aryl methyl sites for hydroxylation is 1. The molecule has 0 unspecified atom stereocenters. The second-order valence-corrected chi connectivity index (χ2v) is 15.3. The van der Waals surface area contributed by atoms with Gasteiger partial charge in [0, 0.05) is 69.8 Å². The lowest BCUT2D eigenvalue weighted by atomic mass is 9.92. The van der Waals surface area contributed by atoms with Gasteiger partial charge < -0.3 is 70.9 Å². The Morgan fingerprint density at radius 1 is 0.527 bits per heavy atom. The highest BCUT2D eigenvalue weighted by Crippen LogP contribution is 2.45. The van der Waals surface area contributed by atoms with Gasteiger partial charge in [0.05, 0.1) is 39.1 Å². The van der Waals surface area contributed by atoms with E-state index in [0.29, 0.717) is 33.4 Å². The molecule has 2 aromatic rings. The van der Waals surface area contributed by atoms with Gasteiger partial charge in [0.25, 0.3) is 0 Å². The summed E-state index contributed by atoms with van der Waals surface area (Å²) in [5.41, 5.74) is 1.73. The summed E-state index contributed by atoms with van der Waals surface area (Å²) in [6, 6.07) is 10.7. The summed E-state index contributed by atoms with van der Waals surface area (Å²) >= 11 is 0. The van der Waals surface area contributed by atoms with Crippen LogP contribution in [0.3, 0.4) is 0 Å². The molecule has 0 N–H and O–H groups in total. The van der Waals surface area contributed by atoms with Crippen LogP contribution in [0, 0.1) is 6.92 Å². The quantitative estimate of drug-likeness (QED) is 0.0248. The minimum Gasteiger partial charge on any atom is -0.493 e. The van der Waals surface area contributed by atoms with Crippen molar-refractivity contribution in [1.29, 1.82) is 0 Å². The van der Waals surface area contributed by atoms with E-state index in [1.165, 1.54) is 42.0 Å². The van der Waals surface area contributed by atoms with Crippen LogP contribution >= 0.6 is 0 Å². The Balaban J connectivity index is 1.76. The lowest BCUT2D eigenvalue weighted by Crippen LogP contribution is -2.38. The van der Waals surface area contributed by atoms with Crippen molar-refractivity contribution in [2.75, 3.05) is 98.5 Å². The molecule has 0 aromatic heterocycles.